The number of halogens is 1. The van der Waals surface area contributed by atoms with E-state index in [0.717, 1.165) is 31.1 Å². The van der Waals surface area contributed by atoms with E-state index in [9.17, 15) is 4.39 Å². The Labute approximate surface area is 115 Å². The first-order valence-electron chi connectivity index (χ1n) is 7.34. The second kappa shape index (κ2) is 4.88. The topological polar surface area (TPSA) is 15.3 Å². The molecule has 0 bridgehead atoms. The van der Waals surface area contributed by atoms with Crippen LogP contribution in [0.4, 0.5) is 4.39 Å². The SMILES string of the molecule is CC(c1ccccc1F)N1CCNC(C)(C2CC2)C1. The van der Waals surface area contributed by atoms with Crippen LogP contribution in [0.15, 0.2) is 24.3 Å². The van der Waals surface area contributed by atoms with Gasteiger partial charge in [-0.2, -0.15) is 0 Å². The summed E-state index contributed by atoms with van der Waals surface area (Å²) in [4.78, 5) is 2.42. The summed E-state index contributed by atoms with van der Waals surface area (Å²) >= 11 is 0. The first-order chi connectivity index (χ1) is 9.10. The summed E-state index contributed by atoms with van der Waals surface area (Å²) in [6.45, 7) is 7.47. The molecular formula is C16H23FN2. The van der Waals surface area contributed by atoms with E-state index >= 15 is 0 Å². The summed E-state index contributed by atoms with van der Waals surface area (Å²) < 4.78 is 13.9. The zero-order valence-corrected chi connectivity index (χ0v) is 11.8. The molecule has 19 heavy (non-hydrogen) atoms. The largest absolute Gasteiger partial charge is 0.309 e. The number of hydrogen-bond donors (Lipinski definition) is 1. The molecule has 1 saturated carbocycles. The van der Waals surface area contributed by atoms with Gasteiger partial charge in [0.2, 0.25) is 0 Å². The Bertz CT molecular complexity index is 458. The Morgan fingerprint density at radius 2 is 2.11 bits per heavy atom. The maximum absolute atomic E-state index is 13.9. The number of hydrogen-bond acceptors (Lipinski definition) is 2. The monoisotopic (exact) mass is 262 g/mol. The van der Waals surface area contributed by atoms with Crippen LogP contribution in [0.2, 0.25) is 0 Å². The van der Waals surface area contributed by atoms with Crippen molar-refractivity contribution in [3.05, 3.63) is 35.6 Å². The number of nitrogens with zero attached hydrogens (tertiary/aromatic N) is 1. The van der Waals surface area contributed by atoms with E-state index in [0.29, 0.717) is 0 Å². The summed E-state index contributed by atoms with van der Waals surface area (Å²) in [5.41, 5.74) is 1.04. The minimum Gasteiger partial charge on any atom is -0.309 e. The highest BCUT2D eigenvalue weighted by Crippen LogP contribution is 2.41. The van der Waals surface area contributed by atoms with Crippen molar-refractivity contribution in [1.82, 2.24) is 10.2 Å². The van der Waals surface area contributed by atoms with Crippen molar-refractivity contribution in [2.45, 2.75) is 38.3 Å². The fraction of sp³-hybridized carbons (Fsp3) is 0.625. The van der Waals surface area contributed by atoms with E-state index in [1.807, 2.05) is 12.1 Å². The highest BCUT2D eigenvalue weighted by atomic mass is 19.1. The van der Waals surface area contributed by atoms with Gasteiger partial charge in [-0.25, -0.2) is 4.39 Å². The molecule has 1 aliphatic carbocycles. The molecule has 0 radical (unpaired) electrons. The fourth-order valence-corrected chi connectivity index (χ4v) is 3.38. The van der Waals surface area contributed by atoms with Crippen molar-refractivity contribution in [1.29, 1.82) is 0 Å². The predicted molar refractivity (Wildman–Crippen MR) is 75.5 cm³/mol. The van der Waals surface area contributed by atoms with Gasteiger partial charge in [-0.05, 0) is 38.7 Å². The molecule has 2 fully saturated rings. The smallest absolute Gasteiger partial charge is 0.127 e. The number of rotatable bonds is 3. The van der Waals surface area contributed by atoms with Crippen molar-refractivity contribution in [3.8, 4) is 0 Å². The number of piperazine rings is 1. The summed E-state index contributed by atoms with van der Waals surface area (Å²) in [5, 5.41) is 3.67. The van der Waals surface area contributed by atoms with Crippen molar-refractivity contribution in [2.24, 2.45) is 5.92 Å². The molecule has 2 unspecified atom stereocenters. The molecule has 1 aliphatic heterocycles. The van der Waals surface area contributed by atoms with Crippen molar-refractivity contribution in [2.75, 3.05) is 19.6 Å². The van der Waals surface area contributed by atoms with Gasteiger partial charge in [0.1, 0.15) is 5.82 Å². The predicted octanol–water partition coefficient (Wildman–Crippen LogP) is 2.96. The molecule has 3 heteroatoms. The van der Waals surface area contributed by atoms with Gasteiger partial charge >= 0.3 is 0 Å². The van der Waals surface area contributed by atoms with Crippen molar-refractivity contribution >= 4 is 0 Å². The average Bonchev–Trinajstić information content (AvgIpc) is 3.23. The standard InChI is InChI=1S/C16H23FN2/c1-12(14-5-3-4-6-15(14)17)19-10-9-18-16(2,11-19)13-7-8-13/h3-6,12-13,18H,7-11H2,1-2H3. The molecule has 0 amide bonds. The molecule has 104 valence electrons. The summed E-state index contributed by atoms with van der Waals surface area (Å²) in [5.74, 6) is 0.727. The van der Waals surface area contributed by atoms with Crippen LogP contribution in [0.25, 0.3) is 0 Å². The van der Waals surface area contributed by atoms with E-state index in [1.165, 1.54) is 12.8 Å². The van der Waals surface area contributed by atoms with Crippen LogP contribution in [0.1, 0.15) is 38.3 Å². The highest BCUT2D eigenvalue weighted by Gasteiger charge is 2.44. The lowest BCUT2D eigenvalue weighted by Gasteiger charge is -2.44. The highest BCUT2D eigenvalue weighted by molar-refractivity contribution is 5.21. The maximum Gasteiger partial charge on any atom is 0.127 e. The van der Waals surface area contributed by atoms with Gasteiger partial charge in [-0.1, -0.05) is 18.2 Å². The maximum atomic E-state index is 13.9. The first kappa shape index (κ1) is 13.1. The van der Waals surface area contributed by atoms with Crippen LogP contribution in [0.3, 0.4) is 0 Å². The van der Waals surface area contributed by atoms with Gasteiger partial charge in [0, 0.05) is 36.8 Å². The number of benzene rings is 1. The quantitative estimate of drug-likeness (QED) is 0.901. The van der Waals surface area contributed by atoms with Gasteiger partial charge in [-0.15, -0.1) is 0 Å². The van der Waals surface area contributed by atoms with E-state index in [1.54, 1.807) is 12.1 Å². The Morgan fingerprint density at radius 3 is 2.79 bits per heavy atom. The third kappa shape index (κ3) is 2.54. The van der Waals surface area contributed by atoms with E-state index < -0.39 is 0 Å². The van der Waals surface area contributed by atoms with Crippen LogP contribution < -0.4 is 5.32 Å². The van der Waals surface area contributed by atoms with Crippen LogP contribution in [-0.2, 0) is 0 Å². The van der Waals surface area contributed by atoms with E-state index in [2.05, 4.69) is 24.1 Å². The van der Waals surface area contributed by atoms with Crippen LogP contribution in [0, 0.1) is 11.7 Å². The Hall–Kier alpha value is -0.930. The molecule has 1 N–H and O–H groups in total. The van der Waals surface area contributed by atoms with Crippen LogP contribution in [-0.4, -0.2) is 30.1 Å². The van der Waals surface area contributed by atoms with Crippen LogP contribution >= 0.6 is 0 Å². The molecule has 2 nitrogen and oxygen atoms in total. The third-order valence-electron chi connectivity index (χ3n) is 4.84. The second-order valence-corrected chi connectivity index (χ2v) is 6.29. The zero-order valence-electron chi connectivity index (χ0n) is 11.8. The molecule has 1 saturated heterocycles. The Morgan fingerprint density at radius 1 is 1.37 bits per heavy atom. The third-order valence-corrected chi connectivity index (χ3v) is 4.84. The zero-order chi connectivity index (χ0) is 13.5. The normalized spacial score (nSPS) is 30.3. The molecule has 0 spiro atoms. The Kier molecular flexibility index (Phi) is 3.35. The van der Waals surface area contributed by atoms with Gasteiger partial charge in [0.05, 0.1) is 0 Å². The molecule has 0 aromatic heterocycles. The minimum absolute atomic E-state index is 0.0818. The molecule has 2 aliphatic rings. The van der Waals surface area contributed by atoms with Gasteiger partial charge in [0.25, 0.3) is 0 Å². The van der Waals surface area contributed by atoms with E-state index in [-0.39, 0.29) is 17.4 Å². The molecule has 1 aromatic rings. The Balaban J connectivity index is 1.76. The summed E-state index contributed by atoms with van der Waals surface area (Å²) in [7, 11) is 0. The number of nitrogens with one attached hydrogen (secondary N) is 1. The lowest BCUT2D eigenvalue weighted by Crippen LogP contribution is -2.60. The van der Waals surface area contributed by atoms with Gasteiger partial charge in [-0.3, -0.25) is 4.90 Å². The molecule has 1 aromatic carbocycles. The van der Waals surface area contributed by atoms with Gasteiger partial charge < -0.3 is 5.32 Å². The fourth-order valence-electron chi connectivity index (χ4n) is 3.38. The lowest BCUT2D eigenvalue weighted by atomic mass is 9.91. The molecular weight excluding hydrogens is 239 g/mol. The summed E-state index contributed by atoms with van der Waals surface area (Å²) in [6.07, 6.45) is 2.68. The summed E-state index contributed by atoms with van der Waals surface area (Å²) in [6, 6.07) is 7.32. The lowest BCUT2D eigenvalue weighted by molar-refractivity contribution is 0.0931. The average molecular weight is 262 g/mol. The second-order valence-electron chi connectivity index (χ2n) is 6.29. The van der Waals surface area contributed by atoms with Crippen molar-refractivity contribution in [3.63, 3.8) is 0 Å². The molecule has 3 rings (SSSR count). The first-order valence-corrected chi connectivity index (χ1v) is 7.34. The molecule has 2 atom stereocenters. The van der Waals surface area contributed by atoms with Gasteiger partial charge in [0.15, 0.2) is 0 Å². The minimum atomic E-state index is -0.0818. The van der Waals surface area contributed by atoms with Crippen LogP contribution in [0.5, 0.6) is 0 Å². The van der Waals surface area contributed by atoms with Crippen molar-refractivity contribution < 1.29 is 4.39 Å². The molecule has 1 heterocycles. The van der Waals surface area contributed by atoms with E-state index in [4.69, 9.17) is 0 Å².